The molecule has 0 aliphatic carbocycles. The lowest BCUT2D eigenvalue weighted by Crippen LogP contribution is -2.06. The molecular formula is C27H33N. The van der Waals surface area contributed by atoms with Gasteiger partial charge in [-0.15, -0.1) is 6.42 Å². The molecule has 0 N–H and O–H groups in total. The van der Waals surface area contributed by atoms with Gasteiger partial charge in [-0.05, 0) is 65.3 Å². The molecule has 1 heteroatoms. The fraction of sp³-hybridized carbons (Fsp3) is 0.370. The largest absolute Gasteiger partial charge is 0.297 e. The number of benzene rings is 2. The topological polar surface area (TPSA) is 12.4 Å². The van der Waals surface area contributed by atoms with Crippen LogP contribution in [0.3, 0.4) is 0 Å². The molecule has 28 heavy (non-hydrogen) atoms. The Balaban J connectivity index is 2.53. The van der Waals surface area contributed by atoms with Gasteiger partial charge in [-0.2, -0.15) is 0 Å². The van der Waals surface area contributed by atoms with Crippen LogP contribution in [0.1, 0.15) is 63.1 Å². The first kappa shape index (κ1) is 21.7. The van der Waals surface area contributed by atoms with Crippen LogP contribution in [0.2, 0.25) is 0 Å². The molecular weight excluding hydrogens is 338 g/mol. The van der Waals surface area contributed by atoms with E-state index in [2.05, 4.69) is 68.1 Å². The summed E-state index contributed by atoms with van der Waals surface area (Å²) in [6, 6.07) is 15.0. The second kappa shape index (κ2) is 11.3. The molecule has 1 atom stereocenters. The van der Waals surface area contributed by atoms with Crippen molar-refractivity contribution in [2.24, 2.45) is 10.9 Å². The van der Waals surface area contributed by atoms with Gasteiger partial charge >= 0.3 is 0 Å². The molecule has 0 unspecified atom stereocenters. The molecule has 0 saturated carbocycles. The minimum atomic E-state index is 0.727. The quantitative estimate of drug-likeness (QED) is 0.326. The number of hydrogen-bond acceptors (Lipinski definition) is 1. The Hall–Kier alpha value is -2.59. The van der Waals surface area contributed by atoms with Crippen LogP contribution < -0.4 is 0 Å². The summed E-state index contributed by atoms with van der Waals surface area (Å²) in [7, 11) is 1.81. The number of nitrogens with zero attached hydrogens (tertiary/aromatic N) is 1. The predicted molar refractivity (Wildman–Crippen MR) is 125 cm³/mol. The van der Waals surface area contributed by atoms with Crippen molar-refractivity contribution in [3.63, 3.8) is 0 Å². The molecule has 0 spiro atoms. The molecule has 1 nitrogen and oxygen atoms in total. The summed E-state index contributed by atoms with van der Waals surface area (Å²) in [5, 5.41) is 0. The van der Waals surface area contributed by atoms with E-state index in [1.54, 1.807) is 0 Å². The van der Waals surface area contributed by atoms with Gasteiger partial charge in [-0.25, -0.2) is 0 Å². The third kappa shape index (κ3) is 5.70. The van der Waals surface area contributed by atoms with Gasteiger partial charge in [-0.3, -0.25) is 4.99 Å². The Bertz CT molecular complexity index is 847. The summed E-state index contributed by atoms with van der Waals surface area (Å²) < 4.78 is 0. The maximum absolute atomic E-state index is 5.53. The summed E-state index contributed by atoms with van der Waals surface area (Å²) in [5.74, 6) is 3.43. The molecule has 2 aromatic carbocycles. The number of hydrogen-bond donors (Lipinski definition) is 0. The lowest BCUT2D eigenvalue weighted by atomic mass is 9.84. The molecule has 0 saturated heterocycles. The van der Waals surface area contributed by atoms with Gasteiger partial charge in [0.25, 0.3) is 0 Å². The molecule has 0 aromatic heterocycles. The molecule has 0 aliphatic heterocycles. The number of unbranched alkanes of at least 4 members (excludes halogenated alkanes) is 1. The first-order valence-electron chi connectivity index (χ1n) is 10.4. The molecule has 0 heterocycles. The Kier molecular flexibility index (Phi) is 8.76. The smallest absolute Gasteiger partial charge is 0.0277 e. The van der Waals surface area contributed by atoms with Crippen LogP contribution in [0.25, 0.3) is 16.7 Å². The van der Waals surface area contributed by atoms with E-state index >= 15 is 0 Å². The van der Waals surface area contributed by atoms with Gasteiger partial charge in [0.2, 0.25) is 0 Å². The van der Waals surface area contributed by atoms with Crippen LogP contribution in [0.4, 0.5) is 0 Å². The highest BCUT2D eigenvalue weighted by Gasteiger charge is 2.15. The number of rotatable bonds is 9. The van der Waals surface area contributed by atoms with Gasteiger partial charge in [0.05, 0.1) is 0 Å². The standard InChI is InChI=1S/C27H33N/c1-6-9-11-23(8-3)20-25-12-10-13-26(27(25)21(4)18-19-28-5)24-16-14-22(7-2)15-17-24/h2,10,12-19,23H,6,8-9,11,20H2,1,3-5H3/b21-18+,28-19?/t23-/m1/s1. The summed E-state index contributed by atoms with van der Waals surface area (Å²) >= 11 is 0. The fourth-order valence-corrected chi connectivity index (χ4v) is 3.75. The van der Waals surface area contributed by atoms with Crippen molar-refractivity contribution in [1.82, 2.24) is 0 Å². The number of terminal acetylenes is 1. The van der Waals surface area contributed by atoms with Gasteiger partial charge in [0.15, 0.2) is 0 Å². The summed E-state index contributed by atoms with van der Waals surface area (Å²) in [4.78, 5) is 4.15. The van der Waals surface area contributed by atoms with Crippen LogP contribution in [0.5, 0.6) is 0 Å². The highest BCUT2D eigenvalue weighted by atomic mass is 14.6. The van der Waals surface area contributed by atoms with Crippen molar-refractivity contribution in [3.8, 4) is 23.5 Å². The van der Waals surface area contributed by atoms with Crippen molar-refractivity contribution in [3.05, 3.63) is 65.2 Å². The summed E-state index contributed by atoms with van der Waals surface area (Å²) in [6.45, 7) is 6.78. The monoisotopic (exact) mass is 371 g/mol. The highest BCUT2D eigenvalue weighted by Crippen LogP contribution is 2.34. The molecule has 0 fully saturated rings. The van der Waals surface area contributed by atoms with Crippen LogP contribution in [-0.2, 0) is 6.42 Å². The van der Waals surface area contributed by atoms with Gasteiger partial charge in [0, 0.05) is 18.8 Å². The molecule has 2 rings (SSSR count). The Morgan fingerprint density at radius 3 is 2.50 bits per heavy atom. The number of allylic oxidation sites excluding steroid dienone is 2. The second-order valence-electron chi connectivity index (χ2n) is 7.44. The highest BCUT2D eigenvalue weighted by molar-refractivity contribution is 5.90. The average molecular weight is 372 g/mol. The zero-order valence-corrected chi connectivity index (χ0v) is 17.8. The molecule has 146 valence electrons. The van der Waals surface area contributed by atoms with E-state index in [-0.39, 0.29) is 0 Å². The number of aliphatic imine (C=N–C) groups is 1. The maximum Gasteiger partial charge on any atom is 0.0277 e. The van der Waals surface area contributed by atoms with E-state index in [0.717, 1.165) is 17.9 Å². The molecule has 0 bridgehead atoms. The van der Waals surface area contributed by atoms with Gasteiger partial charge in [-0.1, -0.05) is 75.8 Å². The van der Waals surface area contributed by atoms with Crippen molar-refractivity contribution in [2.75, 3.05) is 7.05 Å². The SMILES string of the molecule is C#Cc1ccc(-c2cccc(C[C@H](CC)CCCC)c2/C(C)=C/C=NC)cc1. The third-order valence-electron chi connectivity index (χ3n) is 5.43. The molecule has 0 amide bonds. The minimum absolute atomic E-state index is 0.727. The Morgan fingerprint density at radius 1 is 1.14 bits per heavy atom. The molecule has 0 aliphatic rings. The lowest BCUT2D eigenvalue weighted by molar-refractivity contribution is 0.449. The van der Waals surface area contributed by atoms with Crippen molar-refractivity contribution in [2.45, 2.75) is 52.9 Å². The van der Waals surface area contributed by atoms with E-state index in [1.807, 2.05) is 25.4 Å². The first-order valence-corrected chi connectivity index (χ1v) is 10.4. The molecule has 2 aromatic rings. The lowest BCUT2D eigenvalue weighted by Gasteiger charge is -2.20. The van der Waals surface area contributed by atoms with Crippen LogP contribution in [0.15, 0.2) is 53.5 Å². The Labute approximate surface area is 171 Å². The van der Waals surface area contributed by atoms with Crippen molar-refractivity contribution < 1.29 is 0 Å². The molecule has 0 radical (unpaired) electrons. The summed E-state index contributed by atoms with van der Waals surface area (Å²) in [6.07, 6.45) is 15.7. The van der Waals surface area contributed by atoms with E-state index in [9.17, 15) is 0 Å². The van der Waals surface area contributed by atoms with E-state index in [4.69, 9.17) is 6.42 Å². The van der Waals surface area contributed by atoms with Gasteiger partial charge < -0.3 is 0 Å². The normalized spacial score (nSPS) is 12.9. The maximum atomic E-state index is 5.53. The van der Waals surface area contributed by atoms with Crippen molar-refractivity contribution in [1.29, 1.82) is 0 Å². The summed E-state index contributed by atoms with van der Waals surface area (Å²) in [5.41, 5.74) is 7.41. The third-order valence-corrected chi connectivity index (χ3v) is 5.43. The van der Waals surface area contributed by atoms with E-state index < -0.39 is 0 Å². The van der Waals surface area contributed by atoms with Crippen LogP contribution in [-0.4, -0.2) is 13.3 Å². The Morgan fingerprint density at radius 2 is 1.89 bits per heavy atom. The van der Waals surface area contributed by atoms with Gasteiger partial charge in [0.1, 0.15) is 0 Å². The van der Waals surface area contributed by atoms with Crippen LogP contribution in [0, 0.1) is 18.3 Å². The second-order valence-corrected chi connectivity index (χ2v) is 7.44. The van der Waals surface area contributed by atoms with Crippen molar-refractivity contribution >= 4 is 11.8 Å². The van der Waals surface area contributed by atoms with Crippen LogP contribution >= 0.6 is 0 Å². The van der Waals surface area contributed by atoms with E-state index in [0.29, 0.717) is 0 Å². The fourth-order valence-electron chi connectivity index (χ4n) is 3.75. The van der Waals surface area contributed by atoms with E-state index in [1.165, 1.54) is 53.5 Å². The predicted octanol–water partition coefficient (Wildman–Crippen LogP) is 7.20. The zero-order valence-electron chi connectivity index (χ0n) is 17.8. The zero-order chi connectivity index (χ0) is 20.4. The minimum Gasteiger partial charge on any atom is -0.297 e. The average Bonchev–Trinajstić information content (AvgIpc) is 2.74. The first-order chi connectivity index (χ1) is 13.6.